The van der Waals surface area contributed by atoms with Crippen LogP contribution in [-0.4, -0.2) is 30.3 Å². The molecule has 3 amide bonds. The van der Waals surface area contributed by atoms with Crippen molar-refractivity contribution in [1.29, 1.82) is 0 Å². The first-order valence-corrected chi connectivity index (χ1v) is 3.99. The van der Waals surface area contributed by atoms with Gasteiger partial charge in [0.25, 0.3) is 16.0 Å². The smallest absolute Gasteiger partial charge is 0.311 e. The summed E-state index contributed by atoms with van der Waals surface area (Å²) in [6, 6.07) is -0.933. The molecular formula is C3H4N2O5S. The van der Waals surface area contributed by atoms with Crippen molar-refractivity contribution < 1.29 is 22.6 Å². The van der Waals surface area contributed by atoms with Crippen LogP contribution in [0.1, 0.15) is 0 Å². The number of rotatable bonds is 1. The minimum absolute atomic E-state index is 0.933. The third-order valence-corrected chi connectivity index (χ3v) is 1.96. The summed E-state index contributed by atoms with van der Waals surface area (Å²) in [5, 5.41) is 1.49. The Labute approximate surface area is 61.5 Å². The van der Waals surface area contributed by atoms with E-state index in [2.05, 4.69) is 0 Å². The zero-order chi connectivity index (χ0) is 8.65. The van der Waals surface area contributed by atoms with Gasteiger partial charge in [0.05, 0.1) is 0 Å². The third-order valence-electron chi connectivity index (χ3n) is 1.03. The van der Waals surface area contributed by atoms with Crippen LogP contribution >= 0.6 is 0 Å². The lowest BCUT2D eigenvalue weighted by molar-refractivity contribution is -0.118. The van der Waals surface area contributed by atoms with E-state index < -0.39 is 27.4 Å². The first kappa shape index (κ1) is 7.95. The largest absolute Gasteiger partial charge is 0.323 e. The van der Waals surface area contributed by atoms with E-state index in [0.717, 1.165) is 0 Å². The van der Waals surface area contributed by atoms with E-state index in [1.54, 1.807) is 10.6 Å². The fourth-order valence-corrected chi connectivity index (χ4v) is 1.19. The predicted molar refractivity (Wildman–Crippen MR) is 32.0 cm³/mol. The number of hydrogen-bond acceptors (Lipinski definition) is 4. The Morgan fingerprint density at radius 2 is 1.91 bits per heavy atom. The molecule has 1 unspecified atom stereocenters. The SMILES string of the molecule is O=C1NC(=O)C(S(=O)(=O)O)N1. The molecule has 0 aromatic heterocycles. The Kier molecular flexibility index (Phi) is 1.57. The van der Waals surface area contributed by atoms with E-state index in [-0.39, 0.29) is 0 Å². The van der Waals surface area contributed by atoms with Crippen molar-refractivity contribution in [1.82, 2.24) is 10.6 Å². The van der Waals surface area contributed by atoms with Gasteiger partial charge in [0.15, 0.2) is 0 Å². The highest BCUT2D eigenvalue weighted by Crippen LogP contribution is 1.99. The number of hydrogen-bond donors (Lipinski definition) is 3. The second-order valence-corrected chi connectivity index (χ2v) is 3.36. The summed E-state index contributed by atoms with van der Waals surface area (Å²) in [5.41, 5.74) is 0. The van der Waals surface area contributed by atoms with E-state index in [1.165, 1.54) is 0 Å². The van der Waals surface area contributed by atoms with Crippen LogP contribution in [0, 0.1) is 0 Å². The molecule has 8 heteroatoms. The molecule has 0 bridgehead atoms. The topological polar surface area (TPSA) is 113 Å². The quantitative estimate of drug-likeness (QED) is 0.320. The van der Waals surface area contributed by atoms with Gasteiger partial charge in [0.2, 0.25) is 5.37 Å². The van der Waals surface area contributed by atoms with Gasteiger partial charge < -0.3 is 5.32 Å². The zero-order valence-corrected chi connectivity index (χ0v) is 5.88. The Balaban J connectivity index is 2.94. The maximum Gasteiger partial charge on any atom is 0.323 e. The van der Waals surface area contributed by atoms with Gasteiger partial charge in [-0.15, -0.1) is 0 Å². The lowest BCUT2D eigenvalue weighted by Gasteiger charge is -1.99. The van der Waals surface area contributed by atoms with Crippen LogP contribution in [0.25, 0.3) is 0 Å². The molecule has 0 aromatic carbocycles. The molecular weight excluding hydrogens is 176 g/mol. The van der Waals surface area contributed by atoms with Gasteiger partial charge >= 0.3 is 6.03 Å². The maximum atomic E-state index is 10.5. The van der Waals surface area contributed by atoms with E-state index in [0.29, 0.717) is 0 Å². The number of carbonyl (C=O) groups is 2. The van der Waals surface area contributed by atoms with Crippen LogP contribution in [0.3, 0.4) is 0 Å². The molecule has 0 spiro atoms. The Morgan fingerprint density at radius 1 is 1.36 bits per heavy atom. The number of nitrogens with one attached hydrogen (secondary N) is 2. The van der Waals surface area contributed by atoms with Crippen LogP contribution < -0.4 is 10.6 Å². The number of amides is 3. The first-order chi connectivity index (χ1) is 4.91. The summed E-state index contributed by atoms with van der Waals surface area (Å²) in [5.74, 6) is -1.07. The molecule has 1 heterocycles. The molecule has 11 heavy (non-hydrogen) atoms. The van der Waals surface area contributed by atoms with Crippen molar-refractivity contribution in [2.75, 3.05) is 0 Å². The Bertz CT molecular complexity index is 306. The summed E-state index contributed by atoms with van der Waals surface area (Å²) < 4.78 is 28.8. The molecule has 1 aliphatic heterocycles. The van der Waals surface area contributed by atoms with Gasteiger partial charge in [-0.2, -0.15) is 8.42 Å². The van der Waals surface area contributed by atoms with Crippen LogP contribution in [0.5, 0.6) is 0 Å². The molecule has 0 aliphatic carbocycles. The number of urea groups is 1. The third kappa shape index (κ3) is 1.46. The van der Waals surface area contributed by atoms with Crippen molar-refractivity contribution in [3.8, 4) is 0 Å². The molecule has 0 aromatic rings. The molecule has 0 saturated carbocycles. The molecule has 1 saturated heterocycles. The molecule has 3 N–H and O–H groups in total. The van der Waals surface area contributed by atoms with E-state index in [1.807, 2.05) is 0 Å². The molecule has 7 nitrogen and oxygen atoms in total. The van der Waals surface area contributed by atoms with Gasteiger partial charge in [0, 0.05) is 0 Å². The van der Waals surface area contributed by atoms with Crippen LogP contribution in [0.2, 0.25) is 0 Å². The van der Waals surface area contributed by atoms with Gasteiger partial charge in [-0.3, -0.25) is 14.7 Å². The second kappa shape index (κ2) is 2.17. The Morgan fingerprint density at radius 3 is 2.09 bits per heavy atom. The van der Waals surface area contributed by atoms with Crippen molar-refractivity contribution >= 4 is 22.1 Å². The van der Waals surface area contributed by atoms with E-state index in [9.17, 15) is 18.0 Å². The summed E-state index contributed by atoms with van der Waals surface area (Å²) in [4.78, 5) is 20.8. The minimum Gasteiger partial charge on any atom is -0.311 e. The van der Waals surface area contributed by atoms with Crippen molar-refractivity contribution in [2.45, 2.75) is 5.37 Å². The molecule has 1 fully saturated rings. The summed E-state index contributed by atoms with van der Waals surface area (Å²) >= 11 is 0. The molecule has 1 rings (SSSR count). The van der Waals surface area contributed by atoms with Gasteiger partial charge in [-0.05, 0) is 0 Å². The fourth-order valence-electron chi connectivity index (χ4n) is 0.608. The predicted octanol–water partition coefficient (Wildman–Crippen LogP) is -1.96. The summed E-state index contributed by atoms with van der Waals surface area (Å²) in [6.07, 6.45) is 0. The molecule has 0 radical (unpaired) electrons. The van der Waals surface area contributed by atoms with Gasteiger partial charge in [-0.25, -0.2) is 4.79 Å². The first-order valence-electron chi connectivity index (χ1n) is 2.49. The highest BCUT2D eigenvalue weighted by atomic mass is 32.2. The highest BCUT2D eigenvalue weighted by Gasteiger charge is 2.39. The zero-order valence-electron chi connectivity index (χ0n) is 5.07. The van der Waals surface area contributed by atoms with Crippen LogP contribution in [0.4, 0.5) is 4.79 Å². The van der Waals surface area contributed by atoms with E-state index >= 15 is 0 Å². The van der Waals surface area contributed by atoms with Crippen LogP contribution in [-0.2, 0) is 14.9 Å². The normalized spacial score (nSPS) is 24.6. The van der Waals surface area contributed by atoms with E-state index in [4.69, 9.17) is 4.55 Å². The minimum atomic E-state index is -4.53. The standard InChI is InChI=1S/C3H4N2O5S/c6-1-2(11(8,9)10)5-3(7)4-1/h2H,(H,8,9,10)(H2,4,5,6,7). The summed E-state index contributed by atoms with van der Waals surface area (Å²) in [7, 11) is -4.53. The highest BCUT2D eigenvalue weighted by molar-refractivity contribution is 7.87. The number of imide groups is 1. The van der Waals surface area contributed by atoms with Crippen molar-refractivity contribution in [2.24, 2.45) is 0 Å². The number of carbonyl (C=O) groups excluding carboxylic acids is 2. The monoisotopic (exact) mass is 180 g/mol. The molecule has 1 atom stereocenters. The van der Waals surface area contributed by atoms with Crippen molar-refractivity contribution in [3.63, 3.8) is 0 Å². The second-order valence-electron chi connectivity index (χ2n) is 1.86. The maximum absolute atomic E-state index is 10.5. The lowest BCUT2D eigenvalue weighted by Crippen LogP contribution is -2.36. The Hall–Kier alpha value is -1.15. The average Bonchev–Trinajstić information content (AvgIpc) is 2.08. The van der Waals surface area contributed by atoms with Gasteiger partial charge in [0.1, 0.15) is 0 Å². The lowest BCUT2D eigenvalue weighted by atomic mass is 10.6. The summed E-state index contributed by atoms with van der Waals surface area (Å²) in [6.45, 7) is 0. The molecule has 62 valence electrons. The molecule has 1 aliphatic rings. The van der Waals surface area contributed by atoms with Crippen molar-refractivity contribution in [3.05, 3.63) is 0 Å². The van der Waals surface area contributed by atoms with Crippen LogP contribution in [0.15, 0.2) is 0 Å². The van der Waals surface area contributed by atoms with Gasteiger partial charge in [-0.1, -0.05) is 0 Å². The average molecular weight is 180 g/mol. The fraction of sp³-hybridized carbons (Fsp3) is 0.333.